The molecule has 0 aliphatic carbocycles. The molecule has 0 spiro atoms. The van der Waals surface area contributed by atoms with Gasteiger partial charge in [-0.3, -0.25) is 4.79 Å². The van der Waals surface area contributed by atoms with Gasteiger partial charge in [-0.15, -0.1) is 0 Å². The van der Waals surface area contributed by atoms with Crippen LogP contribution in [0.5, 0.6) is 5.75 Å². The van der Waals surface area contributed by atoms with Crippen LogP contribution in [-0.4, -0.2) is 18.0 Å². The number of nitrogens with two attached hydrogens (primary N) is 1. The van der Waals surface area contributed by atoms with Crippen molar-refractivity contribution >= 4 is 23.2 Å². The minimum Gasteiger partial charge on any atom is -0.497 e. The van der Waals surface area contributed by atoms with E-state index in [1.807, 2.05) is 31.2 Å². The molecule has 2 aromatic rings. The third-order valence-electron chi connectivity index (χ3n) is 3.05. The van der Waals surface area contributed by atoms with Crippen molar-refractivity contribution in [2.45, 2.75) is 13.0 Å². The van der Waals surface area contributed by atoms with E-state index in [0.29, 0.717) is 5.69 Å². The number of nitrogen functional groups attached to an aromatic ring is 1. The number of amides is 1. The van der Waals surface area contributed by atoms with Gasteiger partial charge in [-0.05, 0) is 30.7 Å². The van der Waals surface area contributed by atoms with Crippen LogP contribution < -0.4 is 15.8 Å². The van der Waals surface area contributed by atoms with Crippen molar-refractivity contribution in [1.82, 2.24) is 10.3 Å². The van der Waals surface area contributed by atoms with Crippen molar-refractivity contribution in [3.05, 3.63) is 52.8 Å². The van der Waals surface area contributed by atoms with Crippen LogP contribution in [0.1, 0.15) is 28.9 Å². The maximum Gasteiger partial charge on any atom is 0.254 e. The molecule has 0 saturated carbocycles. The largest absolute Gasteiger partial charge is 0.497 e. The maximum atomic E-state index is 12.2. The SMILES string of the molecule is COc1cccc(C(C)NC(=O)c2cc(N)cnc2Cl)c1. The molecule has 6 heteroatoms. The lowest BCUT2D eigenvalue weighted by atomic mass is 10.1. The summed E-state index contributed by atoms with van der Waals surface area (Å²) in [5.74, 6) is 0.410. The molecule has 21 heavy (non-hydrogen) atoms. The summed E-state index contributed by atoms with van der Waals surface area (Å²) < 4.78 is 5.17. The number of rotatable bonds is 4. The highest BCUT2D eigenvalue weighted by molar-refractivity contribution is 6.32. The van der Waals surface area contributed by atoms with Crippen molar-refractivity contribution < 1.29 is 9.53 Å². The molecular formula is C15H16ClN3O2. The van der Waals surface area contributed by atoms with Crippen molar-refractivity contribution in [3.8, 4) is 5.75 Å². The standard InChI is InChI=1S/C15H16ClN3O2/c1-9(10-4-3-5-12(6-10)21-2)19-15(20)13-7-11(17)8-18-14(13)16/h3-9H,17H2,1-2H3,(H,19,20). The van der Waals surface area contributed by atoms with Crippen LogP contribution in [-0.2, 0) is 0 Å². The predicted molar refractivity (Wildman–Crippen MR) is 82.5 cm³/mol. The zero-order valence-electron chi connectivity index (χ0n) is 11.8. The second-order valence-corrected chi connectivity index (χ2v) is 4.94. The number of hydrogen-bond acceptors (Lipinski definition) is 4. The van der Waals surface area contributed by atoms with Crippen LogP contribution in [0.4, 0.5) is 5.69 Å². The van der Waals surface area contributed by atoms with E-state index in [1.165, 1.54) is 12.3 Å². The highest BCUT2D eigenvalue weighted by Gasteiger charge is 2.15. The summed E-state index contributed by atoms with van der Waals surface area (Å²) in [6.45, 7) is 1.88. The molecule has 1 unspecified atom stereocenters. The quantitative estimate of drug-likeness (QED) is 0.852. The number of nitrogens with one attached hydrogen (secondary N) is 1. The summed E-state index contributed by atoms with van der Waals surface area (Å²) in [5, 5.41) is 2.98. The van der Waals surface area contributed by atoms with Gasteiger partial charge in [0.1, 0.15) is 10.9 Å². The Morgan fingerprint density at radius 2 is 2.19 bits per heavy atom. The first-order chi connectivity index (χ1) is 10.0. The summed E-state index contributed by atoms with van der Waals surface area (Å²) in [5.41, 5.74) is 7.20. The zero-order valence-corrected chi connectivity index (χ0v) is 12.5. The lowest BCUT2D eigenvalue weighted by molar-refractivity contribution is 0.0939. The first kappa shape index (κ1) is 15.1. The molecule has 0 aliphatic heterocycles. The van der Waals surface area contributed by atoms with Crippen LogP contribution in [0.25, 0.3) is 0 Å². The van der Waals surface area contributed by atoms with E-state index >= 15 is 0 Å². The average Bonchev–Trinajstić information content (AvgIpc) is 2.49. The Labute approximate surface area is 128 Å². The lowest BCUT2D eigenvalue weighted by Gasteiger charge is -2.15. The van der Waals surface area contributed by atoms with E-state index in [2.05, 4.69) is 10.3 Å². The number of halogens is 1. The normalized spacial score (nSPS) is 11.8. The Balaban J connectivity index is 2.16. The van der Waals surface area contributed by atoms with Gasteiger partial charge in [0, 0.05) is 0 Å². The highest BCUT2D eigenvalue weighted by atomic mass is 35.5. The molecule has 0 aliphatic rings. The summed E-state index contributed by atoms with van der Waals surface area (Å²) in [6, 6.07) is 8.78. The fraction of sp³-hybridized carbons (Fsp3) is 0.200. The molecular weight excluding hydrogens is 290 g/mol. The van der Waals surface area contributed by atoms with E-state index in [-0.39, 0.29) is 22.7 Å². The topological polar surface area (TPSA) is 77.2 Å². The third-order valence-corrected chi connectivity index (χ3v) is 3.35. The molecule has 0 bridgehead atoms. The minimum absolute atomic E-state index is 0.125. The fourth-order valence-corrected chi connectivity index (χ4v) is 2.08. The molecule has 1 aromatic carbocycles. The van der Waals surface area contributed by atoms with Gasteiger partial charge in [0.05, 0.1) is 30.6 Å². The van der Waals surface area contributed by atoms with Gasteiger partial charge in [-0.1, -0.05) is 23.7 Å². The Kier molecular flexibility index (Phi) is 4.65. The van der Waals surface area contributed by atoms with Crippen molar-refractivity contribution in [2.24, 2.45) is 0 Å². The maximum absolute atomic E-state index is 12.2. The van der Waals surface area contributed by atoms with Gasteiger partial charge >= 0.3 is 0 Å². The van der Waals surface area contributed by atoms with Crippen LogP contribution >= 0.6 is 11.6 Å². The van der Waals surface area contributed by atoms with Crippen LogP contribution in [0.2, 0.25) is 5.15 Å². The third kappa shape index (κ3) is 3.64. The molecule has 0 radical (unpaired) electrons. The highest BCUT2D eigenvalue weighted by Crippen LogP contribution is 2.21. The smallest absolute Gasteiger partial charge is 0.254 e. The number of carbonyl (C=O) groups excluding carboxylic acids is 1. The molecule has 5 nitrogen and oxygen atoms in total. The Hall–Kier alpha value is -2.27. The fourth-order valence-electron chi connectivity index (χ4n) is 1.89. The summed E-state index contributed by atoms with van der Waals surface area (Å²) >= 11 is 5.92. The Bertz CT molecular complexity index is 661. The number of anilines is 1. The Morgan fingerprint density at radius 3 is 2.90 bits per heavy atom. The summed E-state index contributed by atoms with van der Waals surface area (Å²) in [7, 11) is 1.60. The van der Waals surface area contributed by atoms with Gasteiger partial charge in [0.15, 0.2) is 0 Å². The van der Waals surface area contributed by atoms with Crippen LogP contribution in [0.15, 0.2) is 36.5 Å². The first-order valence-corrected chi connectivity index (χ1v) is 6.75. The second-order valence-electron chi connectivity index (χ2n) is 4.58. The number of benzene rings is 1. The van der Waals surface area contributed by atoms with E-state index in [4.69, 9.17) is 22.1 Å². The molecule has 110 valence electrons. The molecule has 3 N–H and O–H groups in total. The number of nitrogens with zero attached hydrogens (tertiary/aromatic N) is 1. The van der Waals surface area contributed by atoms with Crippen molar-refractivity contribution in [1.29, 1.82) is 0 Å². The molecule has 0 saturated heterocycles. The van der Waals surface area contributed by atoms with Crippen LogP contribution in [0.3, 0.4) is 0 Å². The van der Waals surface area contributed by atoms with Crippen molar-refractivity contribution in [2.75, 3.05) is 12.8 Å². The molecule has 1 amide bonds. The molecule has 0 fully saturated rings. The number of pyridine rings is 1. The molecule has 1 heterocycles. The number of methoxy groups -OCH3 is 1. The van der Waals surface area contributed by atoms with E-state index in [0.717, 1.165) is 11.3 Å². The number of hydrogen-bond donors (Lipinski definition) is 2. The zero-order chi connectivity index (χ0) is 15.4. The monoisotopic (exact) mass is 305 g/mol. The first-order valence-electron chi connectivity index (χ1n) is 6.37. The lowest BCUT2D eigenvalue weighted by Crippen LogP contribution is -2.27. The molecule has 1 atom stereocenters. The summed E-state index contributed by atoms with van der Waals surface area (Å²) in [4.78, 5) is 16.1. The van der Waals surface area contributed by atoms with Gasteiger partial charge < -0.3 is 15.8 Å². The molecule has 1 aromatic heterocycles. The average molecular weight is 306 g/mol. The second kappa shape index (κ2) is 6.45. The van der Waals surface area contributed by atoms with Gasteiger partial charge in [0.2, 0.25) is 0 Å². The van der Waals surface area contributed by atoms with Gasteiger partial charge in [-0.2, -0.15) is 0 Å². The van der Waals surface area contributed by atoms with E-state index in [1.54, 1.807) is 7.11 Å². The summed E-state index contributed by atoms with van der Waals surface area (Å²) in [6.07, 6.45) is 1.41. The number of aromatic nitrogens is 1. The van der Waals surface area contributed by atoms with Crippen molar-refractivity contribution in [3.63, 3.8) is 0 Å². The minimum atomic E-state index is -0.324. The van der Waals surface area contributed by atoms with E-state index in [9.17, 15) is 4.79 Å². The molecule has 2 rings (SSSR count). The van der Waals surface area contributed by atoms with E-state index < -0.39 is 0 Å². The predicted octanol–water partition coefficient (Wildman–Crippen LogP) is 2.82. The van der Waals surface area contributed by atoms with Gasteiger partial charge in [-0.25, -0.2) is 4.98 Å². The number of ether oxygens (including phenoxy) is 1. The van der Waals surface area contributed by atoms with Gasteiger partial charge in [0.25, 0.3) is 5.91 Å². The van der Waals surface area contributed by atoms with Crippen LogP contribution in [0, 0.1) is 0 Å². The number of carbonyl (C=O) groups is 1. The Morgan fingerprint density at radius 1 is 1.43 bits per heavy atom.